The molecule has 0 atom stereocenters. The van der Waals surface area contributed by atoms with E-state index < -0.39 is 0 Å². The van der Waals surface area contributed by atoms with Crippen LogP contribution in [-0.2, 0) is 6.42 Å². The Hall–Kier alpha value is -0.980. The molecule has 0 aromatic heterocycles. The van der Waals surface area contributed by atoms with Gasteiger partial charge in [-0.25, -0.2) is 0 Å². The van der Waals surface area contributed by atoms with Gasteiger partial charge in [0.1, 0.15) is 5.75 Å². The molecule has 2 rings (SSSR count). The van der Waals surface area contributed by atoms with E-state index in [4.69, 9.17) is 4.74 Å². The second-order valence-electron chi connectivity index (χ2n) is 5.58. The topological polar surface area (TPSA) is 45.7 Å². The van der Waals surface area contributed by atoms with Crippen LogP contribution in [0, 0.1) is 0 Å². The fraction of sp³-hybridized carbons (Fsp3) is 0.588. The molecule has 1 aliphatic carbocycles. The van der Waals surface area contributed by atoms with E-state index in [1.165, 1.54) is 31.2 Å². The summed E-state index contributed by atoms with van der Waals surface area (Å²) in [4.78, 5) is 4.30. The largest absolute Gasteiger partial charge is 0.497 e. The number of aryl methyl sites for hydroxylation is 1. The van der Waals surface area contributed by atoms with Crippen LogP contribution < -0.4 is 15.4 Å². The molecular weight excluding hydrogens is 389 g/mol. The van der Waals surface area contributed by atoms with E-state index in [-0.39, 0.29) is 24.0 Å². The third-order valence-corrected chi connectivity index (χ3v) is 4.01. The maximum absolute atomic E-state index is 5.17. The molecule has 0 spiro atoms. The van der Waals surface area contributed by atoms with Crippen molar-refractivity contribution in [3.8, 4) is 5.75 Å². The summed E-state index contributed by atoms with van der Waals surface area (Å²) in [5.41, 5.74) is 1.34. The van der Waals surface area contributed by atoms with Crippen molar-refractivity contribution >= 4 is 29.9 Å². The molecule has 5 heteroatoms. The third-order valence-electron chi connectivity index (χ3n) is 4.01. The van der Waals surface area contributed by atoms with Gasteiger partial charge in [-0.1, -0.05) is 25.0 Å². The summed E-state index contributed by atoms with van der Waals surface area (Å²) >= 11 is 0. The minimum Gasteiger partial charge on any atom is -0.497 e. The van der Waals surface area contributed by atoms with Crippen LogP contribution in [0.3, 0.4) is 0 Å². The quantitative estimate of drug-likeness (QED) is 0.323. The fourth-order valence-corrected chi connectivity index (χ4v) is 2.75. The Morgan fingerprint density at radius 3 is 2.50 bits per heavy atom. The summed E-state index contributed by atoms with van der Waals surface area (Å²) in [5.74, 6) is 1.86. The first-order chi connectivity index (χ1) is 10.3. The van der Waals surface area contributed by atoms with Crippen LogP contribution >= 0.6 is 24.0 Å². The van der Waals surface area contributed by atoms with Gasteiger partial charge >= 0.3 is 0 Å². The van der Waals surface area contributed by atoms with E-state index in [0.717, 1.165) is 31.1 Å². The van der Waals surface area contributed by atoms with Gasteiger partial charge < -0.3 is 15.4 Å². The molecule has 124 valence electrons. The van der Waals surface area contributed by atoms with Crippen LogP contribution in [0.1, 0.15) is 37.7 Å². The van der Waals surface area contributed by atoms with Crippen LogP contribution in [0.4, 0.5) is 0 Å². The SMILES string of the molecule is CN=C(NCCCc1ccc(OC)cc1)NC1CCCC1.I. The van der Waals surface area contributed by atoms with Crippen molar-refractivity contribution in [2.24, 2.45) is 4.99 Å². The lowest BCUT2D eigenvalue weighted by Gasteiger charge is -2.16. The van der Waals surface area contributed by atoms with Crippen LogP contribution in [0.15, 0.2) is 29.3 Å². The molecule has 1 aliphatic rings. The average molecular weight is 417 g/mol. The first kappa shape index (κ1) is 19.1. The molecule has 0 unspecified atom stereocenters. The molecule has 0 bridgehead atoms. The summed E-state index contributed by atoms with van der Waals surface area (Å²) in [5, 5.41) is 6.91. The number of rotatable bonds is 6. The van der Waals surface area contributed by atoms with Gasteiger partial charge in [-0.2, -0.15) is 0 Å². The van der Waals surface area contributed by atoms with Gasteiger partial charge in [-0.05, 0) is 43.4 Å². The van der Waals surface area contributed by atoms with Gasteiger partial charge in [0.2, 0.25) is 0 Å². The van der Waals surface area contributed by atoms with Crippen molar-refractivity contribution in [1.29, 1.82) is 0 Å². The first-order valence-corrected chi connectivity index (χ1v) is 7.92. The zero-order valence-electron chi connectivity index (χ0n) is 13.6. The molecule has 2 N–H and O–H groups in total. The number of nitrogens with one attached hydrogen (secondary N) is 2. The van der Waals surface area contributed by atoms with E-state index >= 15 is 0 Å². The Balaban J connectivity index is 0.00000242. The number of benzene rings is 1. The van der Waals surface area contributed by atoms with Gasteiger partial charge in [0.05, 0.1) is 7.11 Å². The van der Waals surface area contributed by atoms with Crippen molar-refractivity contribution in [2.45, 2.75) is 44.6 Å². The standard InChI is InChI=1S/C17H27N3O.HI/c1-18-17(20-15-7-3-4-8-15)19-13-5-6-14-9-11-16(21-2)12-10-14;/h9-12,15H,3-8,13H2,1-2H3,(H2,18,19,20);1H. The Kier molecular flexibility index (Phi) is 9.27. The summed E-state index contributed by atoms with van der Waals surface area (Å²) in [7, 11) is 3.54. The number of ether oxygens (including phenoxy) is 1. The highest BCUT2D eigenvalue weighted by molar-refractivity contribution is 14.0. The zero-order valence-corrected chi connectivity index (χ0v) is 15.9. The molecule has 0 radical (unpaired) electrons. The minimum atomic E-state index is 0. The normalized spacial score (nSPS) is 15.3. The first-order valence-electron chi connectivity index (χ1n) is 7.92. The summed E-state index contributed by atoms with van der Waals surface area (Å²) in [6.45, 7) is 0.943. The molecule has 1 fully saturated rings. The number of hydrogen-bond acceptors (Lipinski definition) is 2. The van der Waals surface area contributed by atoms with E-state index in [2.05, 4.69) is 27.8 Å². The Morgan fingerprint density at radius 2 is 1.91 bits per heavy atom. The van der Waals surface area contributed by atoms with Crippen molar-refractivity contribution in [3.63, 3.8) is 0 Å². The molecule has 0 heterocycles. The number of hydrogen-bond donors (Lipinski definition) is 2. The number of nitrogens with zero attached hydrogens (tertiary/aromatic N) is 1. The molecule has 1 aromatic carbocycles. The lowest BCUT2D eigenvalue weighted by Crippen LogP contribution is -2.42. The molecule has 0 amide bonds. The lowest BCUT2D eigenvalue weighted by molar-refractivity contribution is 0.414. The molecule has 22 heavy (non-hydrogen) atoms. The maximum Gasteiger partial charge on any atom is 0.191 e. The third kappa shape index (κ3) is 6.42. The summed E-state index contributed by atoms with van der Waals surface area (Å²) in [6, 6.07) is 8.90. The Labute approximate surface area is 151 Å². The second-order valence-corrected chi connectivity index (χ2v) is 5.58. The minimum absolute atomic E-state index is 0. The number of halogens is 1. The molecule has 1 saturated carbocycles. The number of methoxy groups -OCH3 is 1. The molecule has 4 nitrogen and oxygen atoms in total. The second kappa shape index (κ2) is 10.7. The fourth-order valence-electron chi connectivity index (χ4n) is 2.75. The van der Waals surface area contributed by atoms with Crippen molar-refractivity contribution in [3.05, 3.63) is 29.8 Å². The van der Waals surface area contributed by atoms with Gasteiger partial charge in [0, 0.05) is 19.6 Å². The highest BCUT2D eigenvalue weighted by Gasteiger charge is 2.15. The van der Waals surface area contributed by atoms with Crippen molar-refractivity contribution in [1.82, 2.24) is 10.6 Å². The predicted molar refractivity (Wildman–Crippen MR) is 103 cm³/mol. The zero-order chi connectivity index (χ0) is 14.9. The molecular formula is C17H28IN3O. The number of aliphatic imine (C=N–C) groups is 1. The van der Waals surface area contributed by atoms with Gasteiger partial charge in [-0.3, -0.25) is 4.99 Å². The molecule has 0 aliphatic heterocycles. The molecule has 0 saturated heterocycles. The predicted octanol–water partition coefficient (Wildman–Crippen LogP) is 3.35. The van der Waals surface area contributed by atoms with Crippen LogP contribution in [0.2, 0.25) is 0 Å². The van der Waals surface area contributed by atoms with Crippen LogP contribution in [0.5, 0.6) is 5.75 Å². The Morgan fingerprint density at radius 1 is 1.23 bits per heavy atom. The van der Waals surface area contributed by atoms with Crippen LogP contribution in [0.25, 0.3) is 0 Å². The Bertz CT molecular complexity index is 442. The van der Waals surface area contributed by atoms with Crippen LogP contribution in [-0.4, -0.2) is 32.7 Å². The van der Waals surface area contributed by atoms with Crippen molar-refractivity contribution in [2.75, 3.05) is 20.7 Å². The van der Waals surface area contributed by atoms with E-state index in [1.54, 1.807) is 7.11 Å². The lowest BCUT2D eigenvalue weighted by atomic mass is 10.1. The van der Waals surface area contributed by atoms with E-state index in [9.17, 15) is 0 Å². The number of guanidine groups is 1. The van der Waals surface area contributed by atoms with Gasteiger partial charge in [0.25, 0.3) is 0 Å². The summed E-state index contributed by atoms with van der Waals surface area (Å²) < 4.78 is 5.17. The smallest absolute Gasteiger partial charge is 0.191 e. The monoisotopic (exact) mass is 417 g/mol. The highest BCUT2D eigenvalue weighted by Crippen LogP contribution is 2.17. The van der Waals surface area contributed by atoms with E-state index in [1.807, 2.05) is 19.2 Å². The highest BCUT2D eigenvalue weighted by atomic mass is 127. The average Bonchev–Trinajstić information content (AvgIpc) is 3.04. The molecule has 1 aromatic rings. The van der Waals surface area contributed by atoms with E-state index in [0.29, 0.717) is 6.04 Å². The van der Waals surface area contributed by atoms with Gasteiger partial charge in [0.15, 0.2) is 5.96 Å². The maximum atomic E-state index is 5.17. The summed E-state index contributed by atoms with van der Waals surface area (Å²) in [6.07, 6.45) is 7.38. The van der Waals surface area contributed by atoms with Gasteiger partial charge in [-0.15, -0.1) is 24.0 Å². The van der Waals surface area contributed by atoms with Crippen molar-refractivity contribution < 1.29 is 4.74 Å².